The zero-order valence-electron chi connectivity index (χ0n) is 18.2. The van der Waals surface area contributed by atoms with Crippen molar-refractivity contribution in [2.45, 2.75) is 6.04 Å². The molecule has 1 unspecified atom stereocenters. The van der Waals surface area contributed by atoms with E-state index in [2.05, 4.69) is 0 Å². The maximum atomic E-state index is 13.7. The van der Waals surface area contributed by atoms with Crippen LogP contribution in [-0.2, 0) is 4.79 Å². The van der Waals surface area contributed by atoms with Crippen LogP contribution in [0.2, 0.25) is 10.0 Å². The predicted molar refractivity (Wildman–Crippen MR) is 132 cm³/mol. The minimum atomic E-state index is -1.09. The van der Waals surface area contributed by atoms with E-state index in [4.69, 9.17) is 32.4 Å². The number of amides is 1. The number of ether oxygens (including phenoxy) is 1. The van der Waals surface area contributed by atoms with E-state index in [9.17, 15) is 19.8 Å². The maximum absolute atomic E-state index is 13.7. The molecule has 1 aliphatic rings. The normalized spacial score (nSPS) is 15.8. The number of anilines is 1. The summed E-state index contributed by atoms with van der Waals surface area (Å²) in [6, 6.07) is 16.2. The molecule has 4 aromatic rings. The van der Waals surface area contributed by atoms with Gasteiger partial charge >= 0.3 is 0 Å². The lowest BCUT2D eigenvalue weighted by Crippen LogP contribution is -2.31. The molecule has 0 spiro atoms. The van der Waals surface area contributed by atoms with Gasteiger partial charge in [-0.25, -0.2) is 0 Å². The Bertz CT molecular complexity index is 1520. The summed E-state index contributed by atoms with van der Waals surface area (Å²) in [4.78, 5) is 28.2. The van der Waals surface area contributed by atoms with Gasteiger partial charge in [-0.2, -0.15) is 0 Å². The van der Waals surface area contributed by atoms with Crippen LogP contribution < -0.4 is 9.64 Å². The van der Waals surface area contributed by atoms with Crippen LogP contribution in [0.5, 0.6) is 11.5 Å². The number of halogens is 2. The van der Waals surface area contributed by atoms with E-state index in [0.29, 0.717) is 22.3 Å². The quantitative estimate of drug-likeness (QED) is 0.309. The number of methoxy groups -OCH3 is 1. The maximum Gasteiger partial charge on any atom is 0.294 e. The molecule has 1 aliphatic heterocycles. The van der Waals surface area contributed by atoms with Gasteiger partial charge in [-0.3, -0.25) is 14.5 Å². The number of hydrogen-bond donors (Lipinski definition) is 2. The van der Waals surface area contributed by atoms with Crippen molar-refractivity contribution in [3.8, 4) is 11.5 Å². The van der Waals surface area contributed by atoms with Crippen molar-refractivity contribution in [2.75, 3.05) is 12.0 Å². The highest BCUT2D eigenvalue weighted by molar-refractivity contribution is 6.35. The summed E-state index contributed by atoms with van der Waals surface area (Å²) < 4.78 is 11.1. The third kappa shape index (κ3) is 3.88. The van der Waals surface area contributed by atoms with Crippen LogP contribution in [0.25, 0.3) is 11.0 Å². The second kappa shape index (κ2) is 8.69. The zero-order chi connectivity index (χ0) is 24.9. The van der Waals surface area contributed by atoms with Crippen LogP contribution in [0, 0.1) is 0 Å². The molecular weight excluding hydrogens is 493 g/mol. The molecule has 1 atom stereocenters. The Labute approximate surface area is 209 Å². The van der Waals surface area contributed by atoms with E-state index in [1.54, 1.807) is 30.3 Å². The molecule has 0 fully saturated rings. The van der Waals surface area contributed by atoms with Crippen molar-refractivity contribution in [3.63, 3.8) is 0 Å². The molecule has 9 heteroatoms. The average molecular weight is 510 g/mol. The predicted octanol–water partition coefficient (Wildman–Crippen LogP) is 6.24. The highest BCUT2D eigenvalue weighted by Gasteiger charge is 2.45. The molecule has 1 aromatic heterocycles. The molecule has 0 saturated heterocycles. The number of aliphatic hydroxyl groups excluding tert-OH is 1. The number of Topliss-reactive ketones (excluding diaryl/α,β-unsaturated/α-hetero) is 1. The Morgan fingerprint density at radius 2 is 1.71 bits per heavy atom. The van der Waals surface area contributed by atoms with Gasteiger partial charge in [0.2, 0.25) is 5.78 Å². The Kier molecular flexibility index (Phi) is 5.67. The summed E-state index contributed by atoms with van der Waals surface area (Å²) in [5.74, 6) is -2.00. The van der Waals surface area contributed by atoms with Crippen molar-refractivity contribution in [1.82, 2.24) is 0 Å². The molecule has 0 saturated carbocycles. The Morgan fingerprint density at radius 1 is 1.00 bits per heavy atom. The Hall–Kier alpha value is -3.94. The van der Waals surface area contributed by atoms with Crippen LogP contribution in [0.15, 0.2) is 82.5 Å². The Morgan fingerprint density at radius 3 is 2.40 bits per heavy atom. The lowest BCUT2D eigenvalue weighted by Gasteiger charge is -2.27. The first-order chi connectivity index (χ1) is 16.8. The fourth-order valence-corrected chi connectivity index (χ4v) is 4.75. The van der Waals surface area contributed by atoms with Crippen molar-refractivity contribution in [3.05, 3.63) is 99.4 Å². The summed E-state index contributed by atoms with van der Waals surface area (Å²) in [5.41, 5.74) is 0.793. The zero-order valence-corrected chi connectivity index (χ0v) is 19.7. The van der Waals surface area contributed by atoms with Gasteiger partial charge < -0.3 is 19.4 Å². The number of ketones is 1. The van der Waals surface area contributed by atoms with Crippen LogP contribution in [0.4, 0.5) is 5.69 Å². The average Bonchev–Trinajstić information content (AvgIpc) is 3.37. The molecule has 35 heavy (non-hydrogen) atoms. The number of carbonyl (C=O) groups is 2. The van der Waals surface area contributed by atoms with Crippen LogP contribution >= 0.6 is 23.2 Å². The van der Waals surface area contributed by atoms with Gasteiger partial charge in [-0.05, 0) is 48.0 Å². The van der Waals surface area contributed by atoms with Gasteiger partial charge in [0.05, 0.1) is 18.7 Å². The minimum Gasteiger partial charge on any atom is -0.508 e. The van der Waals surface area contributed by atoms with Crippen LogP contribution in [0.1, 0.15) is 22.2 Å². The van der Waals surface area contributed by atoms with E-state index in [0.717, 1.165) is 0 Å². The largest absolute Gasteiger partial charge is 0.508 e. The fourth-order valence-electron chi connectivity index (χ4n) is 4.23. The number of carbonyl (C=O) groups excluding carboxylic acids is 2. The van der Waals surface area contributed by atoms with Crippen LogP contribution in [0.3, 0.4) is 0 Å². The number of furan rings is 1. The molecule has 176 valence electrons. The van der Waals surface area contributed by atoms with Gasteiger partial charge in [-0.1, -0.05) is 47.5 Å². The second-order valence-electron chi connectivity index (χ2n) is 7.88. The number of benzene rings is 3. The van der Waals surface area contributed by atoms with Crippen molar-refractivity contribution >= 4 is 51.5 Å². The molecule has 3 aromatic carbocycles. The molecular formula is C26H17Cl2NO6. The molecule has 2 N–H and O–H groups in total. The number of rotatable bonds is 5. The standard InChI is InChI=1S/C26H17Cl2NO6/c1-34-19-7-3-5-14-9-20(35-25(14)19)23(31)21-22(13-4-2-6-18(30)8-13)29(26(33)24(21)32)17-11-15(27)10-16(28)12-17/h2-12,22,30,32H,1H3. The first-order valence-corrected chi connectivity index (χ1v) is 11.2. The fraction of sp³-hybridized carbons (Fsp3) is 0.0769. The smallest absolute Gasteiger partial charge is 0.294 e. The van der Waals surface area contributed by atoms with E-state index in [1.165, 1.54) is 48.4 Å². The summed E-state index contributed by atoms with van der Waals surface area (Å²) in [6.45, 7) is 0. The van der Waals surface area contributed by atoms with E-state index in [1.807, 2.05) is 0 Å². The van der Waals surface area contributed by atoms with E-state index < -0.39 is 23.5 Å². The summed E-state index contributed by atoms with van der Waals surface area (Å²) >= 11 is 12.3. The third-order valence-electron chi connectivity index (χ3n) is 5.72. The number of phenolic OH excluding ortho intramolecular Hbond substituents is 1. The summed E-state index contributed by atoms with van der Waals surface area (Å²) in [6.07, 6.45) is 0. The molecule has 7 nitrogen and oxygen atoms in total. The van der Waals surface area contributed by atoms with Gasteiger partial charge in [0.15, 0.2) is 22.9 Å². The molecule has 5 rings (SSSR count). The highest BCUT2D eigenvalue weighted by atomic mass is 35.5. The summed E-state index contributed by atoms with van der Waals surface area (Å²) in [7, 11) is 1.48. The van der Waals surface area contributed by atoms with E-state index in [-0.39, 0.29) is 32.8 Å². The monoisotopic (exact) mass is 509 g/mol. The Balaban J connectivity index is 1.69. The van der Waals surface area contributed by atoms with Gasteiger partial charge in [0.25, 0.3) is 5.91 Å². The van der Waals surface area contributed by atoms with Gasteiger partial charge in [0.1, 0.15) is 5.75 Å². The molecule has 0 bridgehead atoms. The van der Waals surface area contributed by atoms with Gasteiger partial charge in [0, 0.05) is 21.1 Å². The number of nitrogens with zero attached hydrogens (tertiary/aromatic N) is 1. The molecule has 2 heterocycles. The lowest BCUT2D eigenvalue weighted by atomic mass is 9.94. The van der Waals surface area contributed by atoms with Crippen molar-refractivity contribution < 1.29 is 29.0 Å². The summed E-state index contributed by atoms with van der Waals surface area (Å²) in [5, 5.41) is 22.2. The number of aromatic hydroxyl groups is 1. The van der Waals surface area contributed by atoms with E-state index >= 15 is 0 Å². The highest BCUT2D eigenvalue weighted by Crippen LogP contribution is 2.44. The number of para-hydroxylation sites is 1. The lowest BCUT2D eigenvalue weighted by molar-refractivity contribution is -0.117. The number of fused-ring (bicyclic) bond motifs is 1. The molecule has 0 radical (unpaired) electrons. The first kappa shape index (κ1) is 22.8. The van der Waals surface area contributed by atoms with Crippen LogP contribution in [-0.4, -0.2) is 29.0 Å². The number of hydrogen-bond acceptors (Lipinski definition) is 6. The molecule has 0 aliphatic carbocycles. The molecule has 1 amide bonds. The SMILES string of the molecule is COc1cccc2cc(C(=O)C3=C(O)C(=O)N(c4cc(Cl)cc(Cl)c4)C3c3cccc(O)c3)oc12. The topological polar surface area (TPSA) is 100 Å². The van der Waals surface area contributed by atoms with Crippen molar-refractivity contribution in [2.24, 2.45) is 0 Å². The third-order valence-corrected chi connectivity index (χ3v) is 6.15. The minimum absolute atomic E-state index is 0.0781. The first-order valence-electron chi connectivity index (χ1n) is 10.4. The van der Waals surface area contributed by atoms with Crippen molar-refractivity contribution in [1.29, 1.82) is 0 Å². The van der Waals surface area contributed by atoms with Gasteiger partial charge in [-0.15, -0.1) is 0 Å². The second-order valence-corrected chi connectivity index (χ2v) is 8.75. The number of aliphatic hydroxyl groups is 1. The number of phenols is 1.